The smallest absolute Gasteiger partial charge is 0.166 e. The number of pyridine rings is 1. The number of hydrogen-bond acceptors (Lipinski definition) is 8. The SMILES string of the molecule is Cc1c(C#N)nnc(N2CCc3ncc(-c4cnn(CCN5CCOCC5)c4)cc3C2)c1C. The molecule has 0 aliphatic carbocycles. The van der Waals surface area contributed by atoms with Crippen LogP contribution < -0.4 is 4.90 Å². The molecule has 0 saturated carbocycles. The molecular weight excluding hydrogens is 416 g/mol. The molecule has 0 spiro atoms. The lowest BCUT2D eigenvalue weighted by Gasteiger charge is -2.30. The van der Waals surface area contributed by atoms with Crippen LogP contribution in [0.3, 0.4) is 0 Å². The van der Waals surface area contributed by atoms with Crippen molar-refractivity contribution in [1.82, 2.24) is 29.9 Å². The summed E-state index contributed by atoms with van der Waals surface area (Å²) in [5.74, 6) is 0.846. The van der Waals surface area contributed by atoms with Gasteiger partial charge in [-0.3, -0.25) is 14.6 Å². The molecule has 2 aliphatic heterocycles. The quantitative estimate of drug-likeness (QED) is 0.591. The van der Waals surface area contributed by atoms with Gasteiger partial charge in [0.1, 0.15) is 6.07 Å². The summed E-state index contributed by atoms with van der Waals surface area (Å²) in [5, 5.41) is 22.3. The molecule has 3 aromatic heterocycles. The largest absolute Gasteiger partial charge is 0.379 e. The van der Waals surface area contributed by atoms with E-state index >= 15 is 0 Å². The summed E-state index contributed by atoms with van der Waals surface area (Å²) in [5.41, 5.74) is 6.78. The molecule has 0 atom stereocenters. The van der Waals surface area contributed by atoms with Crippen LogP contribution in [0.25, 0.3) is 11.1 Å². The summed E-state index contributed by atoms with van der Waals surface area (Å²) in [6.07, 6.45) is 6.83. The summed E-state index contributed by atoms with van der Waals surface area (Å²) < 4.78 is 7.43. The van der Waals surface area contributed by atoms with Crippen molar-refractivity contribution >= 4 is 5.82 Å². The molecule has 9 nitrogen and oxygen atoms in total. The van der Waals surface area contributed by atoms with E-state index in [1.807, 2.05) is 30.9 Å². The summed E-state index contributed by atoms with van der Waals surface area (Å²) in [4.78, 5) is 9.40. The summed E-state index contributed by atoms with van der Waals surface area (Å²) in [6, 6.07) is 4.34. The zero-order valence-corrected chi connectivity index (χ0v) is 19.2. The Balaban J connectivity index is 1.31. The molecule has 5 heterocycles. The van der Waals surface area contributed by atoms with Crippen molar-refractivity contribution in [3.05, 3.63) is 52.7 Å². The molecule has 170 valence electrons. The highest BCUT2D eigenvalue weighted by molar-refractivity contribution is 5.63. The molecule has 0 aromatic carbocycles. The second kappa shape index (κ2) is 9.25. The van der Waals surface area contributed by atoms with Crippen LogP contribution in [0.2, 0.25) is 0 Å². The Morgan fingerprint density at radius 1 is 1.03 bits per heavy atom. The van der Waals surface area contributed by atoms with E-state index < -0.39 is 0 Å². The maximum atomic E-state index is 9.23. The maximum Gasteiger partial charge on any atom is 0.166 e. The highest BCUT2D eigenvalue weighted by Gasteiger charge is 2.22. The van der Waals surface area contributed by atoms with Crippen molar-refractivity contribution in [1.29, 1.82) is 5.26 Å². The Morgan fingerprint density at radius 2 is 1.88 bits per heavy atom. The minimum Gasteiger partial charge on any atom is -0.379 e. The van der Waals surface area contributed by atoms with Gasteiger partial charge in [-0.05, 0) is 36.6 Å². The lowest BCUT2D eigenvalue weighted by molar-refractivity contribution is 0.0360. The van der Waals surface area contributed by atoms with E-state index in [-0.39, 0.29) is 0 Å². The lowest BCUT2D eigenvalue weighted by atomic mass is 10.0. The average Bonchev–Trinajstić information content (AvgIpc) is 3.33. The second-order valence-electron chi connectivity index (χ2n) is 8.68. The molecule has 1 saturated heterocycles. The average molecular weight is 445 g/mol. The molecule has 1 fully saturated rings. The van der Waals surface area contributed by atoms with Gasteiger partial charge in [0.15, 0.2) is 11.5 Å². The minimum atomic E-state index is 0.392. The predicted octanol–water partition coefficient (Wildman–Crippen LogP) is 2.12. The molecule has 33 heavy (non-hydrogen) atoms. The highest BCUT2D eigenvalue weighted by atomic mass is 16.5. The first kappa shape index (κ1) is 21.5. The zero-order chi connectivity index (χ0) is 22.8. The second-order valence-corrected chi connectivity index (χ2v) is 8.68. The van der Waals surface area contributed by atoms with Crippen molar-refractivity contribution in [2.45, 2.75) is 33.4 Å². The van der Waals surface area contributed by atoms with Crippen molar-refractivity contribution in [3.8, 4) is 17.2 Å². The van der Waals surface area contributed by atoms with Crippen LogP contribution in [0.4, 0.5) is 5.82 Å². The van der Waals surface area contributed by atoms with E-state index in [0.29, 0.717) is 5.69 Å². The van der Waals surface area contributed by atoms with Crippen molar-refractivity contribution in [2.24, 2.45) is 0 Å². The first-order valence-corrected chi connectivity index (χ1v) is 11.4. The Labute approximate surface area is 193 Å². The van der Waals surface area contributed by atoms with E-state index in [1.165, 1.54) is 5.56 Å². The highest BCUT2D eigenvalue weighted by Crippen LogP contribution is 2.29. The maximum absolute atomic E-state index is 9.23. The van der Waals surface area contributed by atoms with Gasteiger partial charge in [-0.1, -0.05) is 0 Å². The summed E-state index contributed by atoms with van der Waals surface area (Å²) in [7, 11) is 0. The van der Waals surface area contributed by atoms with Gasteiger partial charge in [-0.15, -0.1) is 10.2 Å². The van der Waals surface area contributed by atoms with Gasteiger partial charge in [-0.2, -0.15) is 10.4 Å². The van der Waals surface area contributed by atoms with Gasteiger partial charge in [0.05, 0.1) is 26.0 Å². The Hall–Kier alpha value is -3.35. The molecule has 0 amide bonds. The molecule has 0 N–H and O–H groups in total. The first-order valence-electron chi connectivity index (χ1n) is 11.4. The standard InChI is InChI=1S/C24H28N8O/c1-17-18(2)24(29-28-23(17)12-25)31-4-3-22-20(15-31)11-19(13-26-22)21-14-27-32(16-21)6-5-30-7-9-33-10-8-30/h11,13-14,16H,3-10,15H2,1-2H3. The number of rotatable bonds is 5. The molecule has 0 bridgehead atoms. The summed E-state index contributed by atoms with van der Waals surface area (Å²) >= 11 is 0. The Morgan fingerprint density at radius 3 is 2.70 bits per heavy atom. The van der Waals surface area contributed by atoms with Crippen LogP contribution in [0.5, 0.6) is 0 Å². The van der Waals surface area contributed by atoms with Gasteiger partial charge in [0, 0.05) is 68.4 Å². The van der Waals surface area contributed by atoms with Gasteiger partial charge >= 0.3 is 0 Å². The van der Waals surface area contributed by atoms with Crippen LogP contribution in [0.15, 0.2) is 24.7 Å². The van der Waals surface area contributed by atoms with Crippen LogP contribution in [0, 0.1) is 25.2 Å². The minimum absolute atomic E-state index is 0.392. The number of nitriles is 1. The third-order valence-electron chi connectivity index (χ3n) is 6.66. The predicted molar refractivity (Wildman–Crippen MR) is 124 cm³/mol. The van der Waals surface area contributed by atoms with E-state index in [2.05, 4.69) is 43.4 Å². The van der Waals surface area contributed by atoms with Crippen LogP contribution in [0.1, 0.15) is 28.1 Å². The molecule has 3 aromatic rings. The number of ether oxygens (including phenoxy) is 1. The molecule has 0 radical (unpaired) electrons. The van der Waals surface area contributed by atoms with Gasteiger partial charge in [-0.25, -0.2) is 0 Å². The number of hydrogen-bond donors (Lipinski definition) is 0. The third-order valence-corrected chi connectivity index (χ3v) is 6.66. The monoisotopic (exact) mass is 444 g/mol. The number of morpholine rings is 1. The zero-order valence-electron chi connectivity index (χ0n) is 19.2. The van der Waals surface area contributed by atoms with Crippen molar-refractivity contribution < 1.29 is 4.74 Å². The fourth-order valence-electron chi connectivity index (χ4n) is 4.47. The van der Waals surface area contributed by atoms with E-state index in [9.17, 15) is 5.26 Å². The van der Waals surface area contributed by atoms with Crippen LogP contribution >= 0.6 is 0 Å². The van der Waals surface area contributed by atoms with Crippen molar-refractivity contribution in [3.63, 3.8) is 0 Å². The summed E-state index contributed by atoms with van der Waals surface area (Å²) in [6.45, 7) is 10.9. The number of anilines is 1. The van der Waals surface area contributed by atoms with Gasteiger partial charge < -0.3 is 9.64 Å². The van der Waals surface area contributed by atoms with Crippen LogP contribution in [-0.2, 0) is 24.2 Å². The van der Waals surface area contributed by atoms with Crippen molar-refractivity contribution in [2.75, 3.05) is 44.3 Å². The van der Waals surface area contributed by atoms with Crippen LogP contribution in [-0.4, -0.2) is 69.3 Å². The van der Waals surface area contributed by atoms with Gasteiger partial charge in [0.2, 0.25) is 0 Å². The van der Waals surface area contributed by atoms with Gasteiger partial charge in [0.25, 0.3) is 0 Å². The lowest BCUT2D eigenvalue weighted by Crippen LogP contribution is -2.38. The normalized spacial score (nSPS) is 16.5. The van der Waals surface area contributed by atoms with E-state index in [1.54, 1.807) is 0 Å². The Bertz CT molecular complexity index is 1190. The van der Waals surface area contributed by atoms with E-state index in [4.69, 9.17) is 9.72 Å². The fourth-order valence-corrected chi connectivity index (χ4v) is 4.47. The molecule has 5 rings (SSSR count). The third kappa shape index (κ3) is 4.45. The molecule has 0 unspecified atom stereocenters. The fraction of sp³-hybridized carbons (Fsp3) is 0.458. The molecular formula is C24H28N8O. The first-order chi connectivity index (χ1) is 16.1. The number of fused-ring (bicyclic) bond motifs is 1. The van der Waals surface area contributed by atoms with E-state index in [0.717, 1.165) is 92.7 Å². The molecule has 9 heteroatoms. The number of nitrogens with zero attached hydrogens (tertiary/aromatic N) is 8. The molecule has 2 aliphatic rings. The number of aromatic nitrogens is 5. The Kier molecular flexibility index (Phi) is 6.03. The topological polar surface area (TPSA) is 96.0 Å².